The molecule has 0 aromatic heterocycles. The third kappa shape index (κ3) is 4.65. The summed E-state index contributed by atoms with van der Waals surface area (Å²) in [6.07, 6.45) is 1.51. The van der Waals surface area contributed by atoms with Crippen LogP contribution >= 0.6 is 0 Å². The van der Waals surface area contributed by atoms with Gasteiger partial charge in [-0.25, -0.2) is 10.2 Å². The van der Waals surface area contributed by atoms with Crippen LogP contribution in [-0.4, -0.2) is 12.2 Å². The number of benzene rings is 2. The summed E-state index contributed by atoms with van der Waals surface area (Å²) in [5.41, 5.74) is 10.3. The maximum atomic E-state index is 10.5. The third-order valence-corrected chi connectivity index (χ3v) is 2.92. The van der Waals surface area contributed by atoms with Crippen LogP contribution in [0.3, 0.4) is 0 Å². The summed E-state index contributed by atoms with van der Waals surface area (Å²) < 4.78 is 5.74. The molecule has 2 aromatic carbocycles. The Morgan fingerprint density at radius 2 is 1.95 bits per heavy atom. The van der Waals surface area contributed by atoms with Crippen LogP contribution in [0.15, 0.2) is 53.6 Å². The minimum absolute atomic E-state index is 0.531. The van der Waals surface area contributed by atoms with Gasteiger partial charge in [0.05, 0.1) is 6.21 Å². The highest BCUT2D eigenvalue weighted by Gasteiger charge is 1.99. The van der Waals surface area contributed by atoms with E-state index in [2.05, 4.69) is 23.5 Å². The van der Waals surface area contributed by atoms with Crippen LogP contribution in [-0.2, 0) is 6.61 Å². The van der Waals surface area contributed by atoms with Gasteiger partial charge in [0.25, 0.3) is 0 Å². The Morgan fingerprint density at radius 3 is 2.62 bits per heavy atom. The summed E-state index contributed by atoms with van der Waals surface area (Å²) in [5.74, 6) is 0.776. The highest BCUT2D eigenvalue weighted by Crippen LogP contribution is 2.15. The summed E-state index contributed by atoms with van der Waals surface area (Å²) in [7, 11) is 0. The Kier molecular flexibility index (Phi) is 4.93. The lowest BCUT2D eigenvalue weighted by molar-refractivity contribution is 0.249. The molecule has 0 spiro atoms. The van der Waals surface area contributed by atoms with E-state index in [1.165, 1.54) is 11.8 Å². The van der Waals surface area contributed by atoms with Crippen molar-refractivity contribution < 1.29 is 9.53 Å². The number of nitrogens with two attached hydrogens (primary N) is 1. The van der Waals surface area contributed by atoms with Crippen molar-refractivity contribution in [2.75, 3.05) is 0 Å². The van der Waals surface area contributed by atoms with Crippen LogP contribution in [0.1, 0.15) is 16.7 Å². The Hall–Kier alpha value is -2.82. The number of ether oxygens (including phenoxy) is 1. The SMILES string of the molecule is Cc1ccccc1COc1ccc(C=NNC(N)=O)cc1. The number of nitrogens with one attached hydrogen (secondary N) is 1. The fourth-order valence-electron chi connectivity index (χ4n) is 1.75. The minimum Gasteiger partial charge on any atom is -0.489 e. The molecular weight excluding hydrogens is 266 g/mol. The minimum atomic E-state index is -0.690. The predicted molar refractivity (Wildman–Crippen MR) is 82.3 cm³/mol. The highest BCUT2D eigenvalue weighted by molar-refractivity contribution is 5.81. The first-order valence-corrected chi connectivity index (χ1v) is 6.51. The average Bonchev–Trinajstić information content (AvgIpc) is 2.47. The second-order valence-corrected chi connectivity index (χ2v) is 4.52. The van der Waals surface area contributed by atoms with Gasteiger partial charge in [0, 0.05) is 0 Å². The molecule has 2 amide bonds. The Balaban J connectivity index is 1.92. The summed E-state index contributed by atoms with van der Waals surface area (Å²) >= 11 is 0. The number of carbonyl (C=O) groups excluding carboxylic acids is 1. The highest BCUT2D eigenvalue weighted by atomic mass is 16.5. The molecule has 0 aliphatic rings. The van der Waals surface area contributed by atoms with E-state index in [-0.39, 0.29) is 0 Å². The Labute approximate surface area is 123 Å². The van der Waals surface area contributed by atoms with Gasteiger partial charge in [-0.3, -0.25) is 0 Å². The molecule has 0 saturated heterocycles. The fourth-order valence-corrected chi connectivity index (χ4v) is 1.75. The topological polar surface area (TPSA) is 76.7 Å². The number of hydrazone groups is 1. The zero-order chi connectivity index (χ0) is 15.1. The van der Waals surface area contributed by atoms with Crippen LogP contribution in [0.5, 0.6) is 5.75 Å². The number of amides is 2. The van der Waals surface area contributed by atoms with E-state index < -0.39 is 6.03 Å². The van der Waals surface area contributed by atoms with Crippen molar-refractivity contribution in [2.45, 2.75) is 13.5 Å². The zero-order valence-corrected chi connectivity index (χ0v) is 11.7. The lowest BCUT2D eigenvalue weighted by Crippen LogP contribution is -2.24. The molecule has 0 radical (unpaired) electrons. The molecule has 0 unspecified atom stereocenters. The molecule has 0 bridgehead atoms. The van der Waals surface area contributed by atoms with Gasteiger partial charge >= 0.3 is 6.03 Å². The van der Waals surface area contributed by atoms with E-state index in [9.17, 15) is 4.79 Å². The maximum Gasteiger partial charge on any atom is 0.332 e. The van der Waals surface area contributed by atoms with Crippen LogP contribution in [0, 0.1) is 6.92 Å². The van der Waals surface area contributed by atoms with Crippen LogP contribution in [0.4, 0.5) is 4.79 Å². The molecule has 3 N–H and O–H groups in total. The molecule has 5 heteroatoms. The van der Waals surface area contributed by atoms with Crippen molar-refractivity contribution in [3.63, 3.8) is 0 Å². The number of primary amides is 1. The smallest absolute Gasteiger partial charge is 0.332 e. The van der Waals surface area contributed by atoms with Crippen molar-refractivity contribution in [2.24, 2.45) is 10.8 Å². The molecule has 0 aliphatic heterocycles. The number of urea groups is 1. The van der Waals surface area contributed by atoms with Crippen molar-refractivity contribution in [3.8, 4) is 5.75 Å². The van der Waals surface area contributed by atoms with Gasteiger partial charge in [-0.1, -0.05) is 24.3 Å². The van der Waals surface area contributed by atoms with E-state index in [0.29, 0.717) is 6.61 Å². The molecule has 0 aliphatic carbocycles. The first-order valence-electron chi connectivity index (χ1n) is 6.51. The first kappa shape index (κ1) is 14.6. The van der Waals surface area contributed by atoms with E-state index in [0.717, 1.165) is 16.9 Å². The number of rotatable bonds is 5. The quantitative estimate of drug-likeness (QED) is 0.653. The van der Waals surface area contributed by atoms with E-state index in [1.807, 2.05) is 42.5 Å². The fraction of sp³-hybridized carbons (Fsp3) is 0.125. The van der Waals surface area contributed by atoms with Crippen molar-refractivity contribution in [1.29, 1.82) is 0 Å². The number of hydrogen-bond donors (Lipinski definition) is 2. The van der Waals surface area contributed by atoms with Gasteiger partial charge in [-0.05, 0) is 47.9 Å². The van der Waals surface area contributed by atoms with E-state index in [1.54, 1.807) is 0 Å². The van der Waals surface area contributed by atoms with Gasteiger partial charge in [-0.2, -0.15) is 5.10 Å². The molecule has 2 aromatic rings. The monoisotopic (exact) mass is 283 g/mol. The third-order valence-electron chi connectivity index (χ3n) is 2.92. The average molecular weight is 283 g/mol. The number of hydrogen-bond acceptors (Lipinski definition) is 3. The number of nitrogens with zero attached hydrogens (tertiary/aromatic N) is 1. The van der Waals surface area contributed by atoms with Crippen molar-refractivity contribution in [3.05, 3.63) is 65.2 Å². The van der Waals surface area contributed by atoms with Gasteiger partial charge < -0.3 is 10.5 Å². The second-order valence-electron chi connectivity index (χ2n) is 4.52. The van der Waals surface area contributed by atoms with E-state index in [4.69, 9.17) is 10.5 Å². The van der Waals surface area contributed by atoms with Crippen molar-refractivity contribution in [1.82, 2.24) is 5.43 Å². The van der Waals surface area contributed by atoms with E-state index >= 15 is 0 Å². The number of carbonyl (C=O) groups is 1. The van der Waals surface area contributed by atoms with Crippen LogP contribution in [0.2, 0.25) is 0 Å². The van der Waals surface area contributed by atoms with Gasteiger partial charge in [0.2, 0.25) is 0 Å². The first-order chi connectivity index (χ1) is 10.1. The summed E-state index contributed by atoms with van der Waals surface area (Å²) in [6, 6.07) is 14.8. The molecular formula is C16H17N3O2. The Bertz CT molecular complexity index is 636. The van der Waals surface area contributed by atoms with Crippen LogP contribution in [0.25, 0.3) is 0 Å². The lowest BCUT2D eigenvalue weighted by Gasteiger charge is -2.08. The molecule has 0 fully saturated rings. The number of aryl methyl sites for hydroxylation is 1. The van der Waals surface area contributed by atoms with Gasteiger partial charge in [0.1, 0.15) is 12.4 Å². The van der Waals surface area contributed by atoms with Crippen LogP contribution < -0.4 is 15.9 Å². The largest absolute Gasteiger partial charge is 0.489 e. The Morgan fingerprint density at radius 1 is 1.24 bits per heavy atom. The standard InChI is InChI=1S/C16H17N3O2/c1-12-4-2-3-5-14(12)11-21-15-8-6-13(7-9-15)10-18-19-16(17)20/h2-10H,11H2,1H3,(H3,17,19,20). The van der Waals surface area contributed by atoms with Gasteiger partial charge in [-0.15, -0.1) is 0 Å². The molecule has 0 atom stereocenters. The molecule has 108 valence electrons. The van der Waals surface area contributed by atoms with Crippen molar-refractivity contribution >= 4 is 12.2 Å². The summed E-state index contributed by atoms with van der Waals surface area (Å²) in [4.78, 5) is 10.5. The second kappa shape index (κ2) is 7.09. The maximum absolute atomic E-state index is 10.5. The molecule has 21 heavy (non-hydrogen) atoms. The summed E-state index contributed by atoms with van der Waals surface area (Å²) in [5, 5.41) is 3.69. The predicted octanol–water partition coefficient (Wildman–Crippen LogP) is 2.58. The normalized spacial score (nSPS) is 10.5. The zero-order valence-electron chi connectivity index (χ0n) is 11.7. The molecule has 2 rings (SSSR count). The van der Waals surface area contributed by atoms with Gasteiger partial charge in [0.15, 0.2) is 0 Å². The molecule has 0 heterocycles. The summed E-state index contributed by atoms with van der Waals surface area (Å²) in [6.45, 7) is 2.59. The lowest BCUT2D eigenvalue weighted by atomic mass is 10.1. The molecule has 5 nitrogen and oxygen atoms in total. The molecule has 0 saturated carbocycles.